The van der Waals surface area contributed by atoms with Gasteiger partial charge in [-0.3, -0.25) is 0 Å². The Morgan fingerprint density at radius 1 is 0.667 bits per heavy atom. The van der Waals surface area contributed by atoms with Gasteiger partial charge in [0.2, 0.25) is 0 Å². The van der Waals surface area contributed by atoms with Gasteiger partial charge in [-0.15, -0.1) is 13.1 Å². The maximum absolute atomic E-state index is 4.23. The summed E-state index contributed by atoms with van der Waals surface area (Å²) in [6, 6.07) is 0. The molecule has 0 saturated carbocycles. The van der Waals surface area contributed by atoms with E-state index in [9.17, 15) is 0 Å². The molecule has 0 aromatic heterocycles. The van der Waals surface area contributed by atoms with Crippen LogP contribution >= 0.6 is 0 Å². The van der Waals surface area contributed by atoms with Crippen LogP contribution in [0.2, 0.25) is 0 Å². The van der Waals surface area contributed by atoms with Crippen molar-refractivity contribution in [2.75, 3.05) is 26.2 Å². The minimum atomic E-state index is 0. The normalized spacial score (nSPS) is 17.7. The van der Waals surface area contributed by atoms with Gasteiger partial charge in [-0.05, 0) is 37.8 Å². The van der Waals surface area contributed by atoms with E-state index in [0.29, 0.717) is 0 Å². The maximum Gasteiger partial charge on any atom is 1.00 e. The molecule has 126 valence electrons. The predicted molar refractivity (Wildman–Crippen MR) is 96.8 cm³/mol. The molecule has 2 nitrogen and oxygen atoms in total. The number of hydrogen-bond donors (Lipinski definition) is 1. The summed E-state index contributed by atoms with van der Waals surface area (Å²) in [5.74, 6) is 1.92. The summed E-state index contributed by atoms with van der Waals surface area (Å²) in [6.45, 7) is 21.3. The molecule has 2 aliphatic heterocycles. The van der Waals surface area contributed by atoms with Crippen molar-refractivity contribution in [3.63, 3.8) is 0 Å². The molecule has 0 bridgehead atoms. The standard InChI is InChI=1S/C6H13N.C6H12N.3C2H6.Rb/c2*1-6-2-4-7-5-3-6;3*1-2;/h6-7H,2-5H2,1H3;6H,2-5H2,1H3;3*1-2H3;/q;-1;;;;+1. The van der Waals surface area contributed by atoms with E-state index in [0.717, 1.165) is 24.9 Å². The molecule has 0 amide bonds. The van der Waals surface area contributed by atoms with E-state index >= 15 is 0 Å². The van der Waals surface area contributed by atoms with Gasteiger partial charge >= 0.3 is 58.2 Å². The maximum atomic E-state index is 4.23. The first-order chi connectivity index (χ1) is 9.79. The van der Waals surface area contributed by atoms with E-state index in [-0.39, 0.29) is 58.2 Å². The fraction of sp³-hybridized carbons (Fsp3) is 1.00. The zero-order valence-electron chi connectivity index (χ0n) is 16.8. The molecule has 1 N–H and O–H groups in total. The van der Waals surface area contributed by atoms with Crippen molar-refractivity contribution in [3.05, 3.63) is 5.32 Å². The monoisotopic (exact) mass is 372 g/mol. The summed E-state index contributed by atoms with van der Waals surface area (Å²) >= 11 is 0. The van der Waals surface area contributed by atoms with Gasteiger partial charge < -0.3 is 10.6 Å². The van der Waals surface area contributed by atoms with Crippen LogP contribution in [0.25, 0.3) is 5.32 Å². The van der Waals surface area contributed by atoms with E-state index in [4.69, 9.17) is 0 Å². The largest absolute Gasteiger partial charge is 1.00 e. The van der Waals surface area contributed by atoms with Crippen LogP contribution in [-0.4, -0.2) is 26.2 Å². The molecular formula is C18H43N2Rb. The minimum absolute atomic E-state index is 0. The third-order valence-electron chi connectivity index (χ3n) is 3.19. The van der Waals surface area contributed by atoms with Crippen LogP contribution in [0.5, 0.6) is 0 Å². The van der Waals surface area contributed by atoms with Crippen LogP contribution in [0.15, 0.2) is 0 Å². The number of rotatable bonds is 0. The molecule has 0 unspecified atom stereocenters. The van der Waals surface area contributed by atoms with E-state index in [1.54, 1.807) is 0 Å². The number of hydrogen-bond acceptors (Lipinski definition) is 1. The Hall–Kier alpha value is 1.73. The smallest absolute Gasteiger partial charge is 0.662 e. The average molecular weight is 373 g/mol. The zero-order chi connectivity index (χ0) is 16.2. The summed E-state index contributed by atoms with van der Waals surface area (Å²) in [5.41, 5.74) is 0. The van der Waals surface area contributed by atoms with E-state index in [1.165, 1.54) is 38.8 Å². The Bertz CT molecular complexity index is 115. The van der Waals surface area contributed by atoms with Gasteiger partial charge in [-0.25, -0.2) is 0 Å². The van der Waals surface area contributed by atoms with Gasteiger partial charge in [0.15, 0.2) is 0 Å². The second-order valence-electron chi connectivity index (χ2n) is 4.79. The van der Waals surface area contributed by atoms with Crippen LogP contribution in [0.4, 0.5) is 0 Å². The molecule has 0 aliphatic carbocycles. The first kappa shape index (κ1) is 30.6. The fourth-order valence-corrected chi connectivity index (χ4v) is 1.85. The molecule has 2 fully saturated rings. The predicted octanol–water partition coefficient (Wildman–Crippen LogP) is 2.88. The molecule has 0 radical (unpaired) electrons. The molecule has 0 spiro atoms. The van der Waals surface area contributed by atoms with Crippen molar-refractivity contribution in [3.8, 4) is 0 Å². The quantitative estimate of drug-likeness (QED) is 0.695. The number of nitrogens with zero attached hydrogens (tertiary/aromatic N) is 1. The third kappa shape index (κ3) is 26.9. The molecule has 2 saturated heterocycles. The summed E-state index contributed by atoms with van der Waals surface area (Å²) in [6.07, 6.45) is 5.39. The Morgan fingerprint density at radius 2 is 1.00 bits per heavy atom. The second kappa shape index (κ2) is 29.7. The molecular weight excluding hydrogens is 330 g/mol. The molecule has 2 heterocycles. The average Bonchev–Trinajstić information content (AvgIpc) is 2.55. The van der Waals surface area contributed by atoms with Crippen LogP contribution in [0, 0.1) is 11.8 Å². The van der Waals surface area contributed by atoms with E-state index in [1.807, 2.05) is 41.5 Å². The molecule has 0 aromatic carbocycles. The summed E-state index contributed by atoms with van der Waals surface area (Å²) in [5, 5.41) is 7.54. The Balaban J connectivity index is -0.0000000984. The molecule has 3 heteroatoms. The number of piperidine rings is 2. The van der Waals surface area contributed by atoms with Gasteiger partial charge in [0, 0.05) is 0 Å². The summed E-state index contributed by atoms with van der Waals surface area (Å²) in [7, 11) is 0. The van der Waals surface area contributed by atoms with E-state index in [2.05, 4.69) is 24.5 Å². The molecule has 0 atom stereocenters. The van der Waals surface area contributed by atoms with Crippen molar-refractivity contribution in [2.45, 2.75) is 81.1 Å². The van der Waals surface area contributed by atoms with E-state index < -0.39 is 0 Å². The van der Waals surface area contributed by atoms with Crippen LogP contribution in [0.1, 0.15) is 81.1 Å². The second-order valence-corrected chi connectivity index (χ2v) is 4.79. The topological polar surface area (TPSA) is 26.1 Å². The fourth-order valence-electron chi connectivity index (χ4n) is 1.85. The van der Waals surface area contributed by atoms with Gasteiger partial charge in [-0.1, -0.05) is 68.2 Å². The zero-order valence-corrected chi connectivity index (χ0v) is 21.7. The third-order valence-corrected chi connectivity index (χ3v) is 3.19. The Morgan fingerprint density at radius 3 is 1.19 bits per heavy atom. The first-order valence-corrected chi connectivity index (χ1v) is 9.13. The van der Waals surface area contributed by atoms with Gasteiger partial charge in [0.1, 0.15) is 0 Å². The SMILES string of the molecule is CC.CC.CC.CC1CCNCC1.CC1CC[N-]CC1.[Rb+]. The van der Waals surface area contributed by atoms with Crippen molar-refractivity contribution in [1.29, 1.82) is 0 Å². The minimum Gasteiger partial charge on any atom is -0.662 e. The molecule has 2 aliphatic rings. The Labute approximate surface area is 185 Å². The van der Waals surface area contributed by atoms with Crippen molar-refractivity contribution < 1.29 is 58.2 Å². The summed E-state index contributed by atoms with van der Waals surface area (Å²) in [4.78, 5) is 0. The van der Waals surface area contributed by atoms with Crippen LogP contribution < -0.4 is 63.5 Å². The molecule has 21 heavy (non-hydrogen) atoms. The Kier molecular flexibility index (Phi) is 43.3. The first-order valence-electron chi connectivity index (χ1n) is 9.13. The van der Waals surface area contributed by atoms with Crippen LogP contribution in [-0.2, 0) is 0 Å². The van der Waals surface area contributed by atoms with Crippen molar-refractivity contribution >= 4 is 0 Å². The number of nitrogens with one attached hydrogen (secondary N) is 1. The van der Waals surface area contributed by atoms with Gasteiger partial charge in [0.05, 0.1) is 0 Å². The summed E-state index contributed by atoms with van der Waals surface area (Å²) < 4.78 is 0. The van der Waals surface area contributed by atoms with Crippen molar-refractivity contribution in [2.24, 2.45) is 11.8 Å². The van der Waals surface area contributed by atoms with Gasteiger partial charge in [0.25, 0.3) is 0 Å². The van der Waals surface area contributed by atoms with Crippen LogP contribution in [0.3, 0.4) is 0 Å². The van der Waals surface area contributed by atoms with Gasteiger partial charge in [-0.2, -0.15) is 0 Å². The molecule has 0 aromatic rings. The molecule has 2 rings (SSSR count). The van der Waals surface area contributed by atoms with Crippen molar-refractivity contribution in [1.82, 2.24) is 5.32 Å².